The fourth-order valence-corrected chi connectivity index (χ4v) is 4.50. The number of benzene rings is 1. The average Bonchev–Trinajstić information content (AvgIpc) is 3.07. The molecular formula is C19H21Br2NO9. The number of ether oxygens (including phenoxy) is 3. The minimum Gasteiger partial charge on any atom is -0.494 e. The van der Waals surface area contributed by atoms with Crippen LogP contribution in [0.4, 0.5) is 0 Å². The second-order valence-corrected chi connectivity index (χ2v) is 7.85. The molecule has 0 aliphatic carbocycles. The van der Waals surface area contributed by atoms with Gasteiger partial charge in [-0.1, -0.05) is 0 Å². The smallest absolute Gasteiger partial charge is 0.414 e. The van der Waals surface area contributed by atoms with Gasteiger partial charge < -0.3 is 28.8 Å². The molecule has 0 spiro atoms. The second-order valence-electron chi connectivity index (χ2n) is 6.20. The molecular weight excluding hydrogens is 546 g/mol. The molecule has 1 aromatic heterocycles. The highest BCUT2D eigenvalue weighted by Crippen LogP contribution is 2.43. The summed E-state index contributed by atoms with van der Waals surface area (Å²) in [6.45, 7) is 5.57. The molecule has 1 aliphatic heterocycles. The van der Waals surface area contributed by atoms with Crippen molar-refractivity contribution in [3.8, 4) is 5.75 Å². The molecule has 2 heterocycles. The number of rotatable bonds is 5. The van der Waals surface area contributed by atoms with E-state index in [0.717, 1.165) is 17.6 Å². The summed E-state index contributed by atoms with van der Waals surface area (Å²) < 4.78 is 23.5. The number of morpholine rings is 1. The van der Waals surface area contributed by atoms with Crippen LogP contribution in [0.1, 0.15) is 23.0 Å². The number of nitrogens with zero attached hydrogens (tertiary/aromatic N) is 1. The van der Waals surface area contributed by atoms with Crippen molar-refractivity contribution in [3.63, 3.8) is 0 Å². The third kappa shape index (κ3) is 6.19. The summed E-state index contributed by atoms with van der Waals surface area (Å²) in [6.07, 6.45) is 0. The lowest BCUT2D eigenvalue weighted by Crippen LogP contribution is -2.35. The Hall–Kier alpha value is -2.15. The zero-order chi connectivity index (χ0) is 23.1. The van der Waals surface area contributed by atoms with Crippen molar-refractivity contribution in [1.82, 2.24) is 4.90 Å². The van der Waals surface area contributed by atoms with Gasteiger partial charge in [-0.2, -0.15) is 0 Å². The van der Waals surface area contributed by atoms with Gasteiger partial charge in [-0.25, -0.2) is 14.4 Å². The van der Waals surface area contributed by atoms with E-state index in [1.54, 1.807) is 14.0 Å². The van der Waals surface area contributed by atoms with Gasteiger partial charge in [0.15, 0.2) is 0 Å². The Morgan fingerprint density at radius 1 is 1.16 bits per heavy atom. The Bertz CT molecular complexity index is 955. The fourth-order valence-electron chi connectivity index (χ4n) is 2.90. The first kappa shape index (κ1) is 25.1. The van der Waals surface area contributed by atoms with Crippen molar-refractivity contribution in [3.05, 3.63) is 26.3 Å². The Balaban J connectivity index is 0.000000501. The predicted molar refractivity (Wildman–Crippen MR) is 115 cm³/mol. The van der Waals surface area contributed by atoms with Gasteiger partial charge in [0.25, 0.3) is 0 Å². The average molecular weight is 567 g/mol. The van der Waals surface area contributed by atoms with Gasteiger partial charge in [-0.05, 0) is 44.8 Å². The first-order valence-corrected chi connectivity index (χ1v) is 10.7. The van der Waals surface area contributed by atoms with Crippen LogP contribution in [0.25, 0.3) is 11.0 Å². The number of carboxylic acid groups (broad SMARTS) is 2. The predicted octanol–water partition coefficient (Wildman–Crippen LogP) is 3.13. The molecule has 0 bridgehead atoms. The Morgan fingerprint density at radius 3 is 2.29 bits per heavy atom. The molecule has 2 N–H and O–H groups in total. The molecule has 12 heteroatoms. The SMILES string of the molecule is CCOC(=O)c1c(CN2CCOCC2)oc2cc(Br)c(OC)c(Br)c12.O=C(O)C(=O)O. The molecule has 1 saturated heterocycles. The van der Waals surface area contributed by atoms with E-state index in [1.807, 2.05) is 6.07 Å². The summed E-state index contributed by atoms with van der Waals surface area (Å²) in [5.74, 6) is -2.84. The van der Waals surface area contributed by atoms with Gasteiger partial charge in [-0.15, -0.1) is 0 Å². The first-order valence-electron chi connectivity index (χ1n) is 9.12. The number of hydrogen-bond acceptors (Lipinski definition) is 8. The number of aliphatic carboxylic acids is 2. The number of carboxylic acids is 2. The summed E-state index contributed by atoms with van der Waals surface area (Å²) >= 11 is 7.02. The van der Waals surface area contributed by atoms with E-state index in [-0.39, 0.29) is 0 Å². The maximum absolute atomic E-state index is 12.6. The maximum Gasteiger partial charge on any atom is 0.414 e. The topological polar surface area (TPSA) is 136 Å². The molecule has 3 rings (SSSR count). The van der Waals surface area contributed by atoms with Crippen LogP contribution in [0, 0.1) is 0 Å². The van der Waals surface area contributed by atoms with Crippen LogP contribution in [-0.4, -0.2) is 73.0 Å². The molecule has 2 aromatic rings. The van der Waals surface area contributed by atoms with Crippen molar-refractivity contribution in [2.75, 3.05) is 40.0 Å². The van der Waals surface area contributed by atoms with E-state index in [9.17, 15) is 4.79 Å². The molecule has 0 saturated carbocycles. The lowest BCUT2D eigenvalue weighted by Gasteiger charge is -2.25. The highest BCUT2D eigenvalue weighted by Gasteiger charge is 2.28. The number of hydrogen-bond donors (Lipinski definition) is 2. The van der Waals surface area contributed by atoms with Gasteiger partial charge in [0.1, 0.15) is 22.7 Å². The lowest BCUT2D eigenvalue weighted by atomic mass is 10.1. The number of furan rings is 1. The Morgan fingerprint density at radius 2 is 1.77 bits per heavy atom. The summed E-state index contributed by atoms with van der Waals surface area (Å²) in [5, 5.41) is 15.5. The van der Waals surface area contributed by atoms with Gasteiger partial charge in [0.05, 0.1) is 47.8 Å². The minimum atomic E-state index is -1.82. The third-order valence-corrected chi connectivity index (χ3v) is 5.59. The minimum absolute atomic E-state index is 0.299. The van der Waals surface area contributed by atoms with Crippen LogP contribution in [-0.2, 0) is 25.6 Å². The Kier molecular flexibility index (Phi) is 9.29. The highest BCUT2D eigenvalue weighted by atomic mass is 79.9. The molecule has 0 atom stereocenters. The van der Waals surface area contributed by atoms with Crippen LogP contribution in [0.5, 0.6) is 5.75 Å². The summed E-state index contributed by atoms with van der Waals surface area (Å²) in [7, 11) is 1.58. The number of esters is 1. The van der Waals surface area contributed by atoms with Crippen LogP contribution in [0.15, 0.2) is 19.4 Å². The zero-order valence-corrected chi connectivity index (χ0v) is 19.9. The highest BCUT2D eigenvalue weighted by molar-refractivity contribution is 9.11. The summed E-state index contributed by atoms with van der Waals surface area (Å²) in [6, 6.07) is 1.81. The van der Waals surface area contributed by atoms with Crippen molar-refractivity contribution in [2.24, 2.45) is 0 Å². The molecule has 170 valence electrons. The van der Waals surface area contributed by atoms with E-state index < -0.39 is 17.9 Å². The quantitative estimate of drug-likeness (QED) is 0.410. The van der Waals surface area contributed by atoms with Crippen molar-refractivity contribution >= 4 is 60.7 Å². The van der Waals surface area contributed by atoms with Crippen molar-refractivity contribution in [2.45, 2.75) is 13.5 Å². The third-order valence-electron chi connectivity index (χ3n) is 4.24. The van der Waals surface area contributed by atoms with Gasteiger partial charge in [-0.3, -0.25) is 4.90 Å². The van der Waals surface area contributed by atoms with E-state index in [1.165, 1.54) is 0 Å². The van der Waals surface area contributed by atoms with E-state index in [4.69, 9.17) is 38.4 Å². The molecule has 10 nitrogen and oxygen atoms in total. The normalized spacial score (nSPS) is 13.9. The van der Waals surface area contributed by atoms with Crippen LogP contribution in [0.2, 0.25) is 0 Å². The standard InChI is InChI=1S/C17H19Br2NO5.C2H2O4/c1-3-24-17(21)14-12(9-20-4-6-23-7-5-20)25-11-8-10(18)16(22-2)15(19)13(11)14;3-1(4)2(5)6/h8H,3-7,9H2,1-2H3;(H,3,4)(H,5,6). The van der Waals surface area contributed by atoms with Crippen LogP contribution >= 0.6 is 31.9 Å². The van der Waals surface area contributed by atoms with E-state index in [2.05, 4.69) is 36.8 Å². The molecule has 0 unspecified atom stereocenters. The molecule has 1 aliphatic rings. The van der Waals surface area contributed by atoms with E-state index in [0.29, 0.717) is 58.9 Å². The molecule has 1 fully saturated rings. The zero-order valence-electron chi connectivity index (χ0n) is 16.8. The number of methoxy groups -OCH3 is 1. The number of carbonyl (C=O) groups excluding carboxylic acids is 1. The Labute approximate surface area is 194 Å². The maximum atomic E-state index is 12.6. The number of fused-ring (bicyclic) bond motifs is 1. The van der Waals surface area contributed by atoms with Gasteiger partial charge >= 0.3 is 17.9 Å². The molecule has 0 radical (unpaired) electrons. The lowest BCUT2D eigenvalue weighted by molar-refractivity contribution is -0.159. The van der Waals surface area contributed by atoms with Gasteiger partial charge in [0.2, 0.25) is 0 Å². The summed E-state index contributed by atoms with van der Waals surface area (Å²) in [4.78, 5) is 33.0. The van der Waals surface area contributed by atoms with Crippen molar-refractivity contribution in [1.29, 1.82) is 0 Å². The number of halogens is 2. The van der Waals surface area contributed by atoms with Crippen LogP contribution in [0.3, 0.4) is 0 Å². The number of carbonyl (C=O) groups is 3. The van der Waals surface area contributed by atoms with Gasteiger partial charge in [0, 0.05) is 13.1 Å². The first-order chi connectivity index (χ1) is 14.7. The van der Waals surface area contributed by atoms with Crippen molar-refractivity contribution < 1.29 is 43.2 Å². The second kappa shape index (κ2) is 11.5. The molecule has 31 heavy (non-hydrogen) atoms. The monoisotopic (exact) mass is 565 g/mol. The largest absolute Gasteiger partial charge is 0.494 e. The molecule has 1 aromatic carbocycles. The van der Waals surface area contributed by atoms with E-state index >= 15 is 0 Å². The molecule has 0 amide bonds. The van der Waals surface area contributed by atoms with Crippen LogP contribution < -0.4 is 4.74 Å². The fraction of sp³-hybridized carbons (Fsp3) is 0.421. The summed E-state index contributed by atoms with van der Waals surface area (Å²) in [5.41, 5.74) is 1.05.